The molecule has 0 heterocycles. The summed E-state index contributed by atoms with van der Waals surface area (Å²) in [6.45, 7) is 5.27. The van der Waals surface area contributed by atoms with Gasteiger partial charge in [-0.3, -0.25) is 13.9 Å². The molecule has 3 aromatic carbocycles. The van der Waals surface area contributed by atoms with Crippen molar-refractivity contribution in [2.24, 2.45) is 0 Å². The second-order valence-corrected chi connectivity index (χ2v) is 12.2. The summed E-state index contributed by atoms with van der Waals surface area (Å²) in [6.07, 6.45) is 1.27. The third-order valence-corrected chi connectivity index (χ3v) is 8.03. The minimum atomic E-state index is -3.85. The number of amides is 2. The van der Waals surface area contributed by atoms with Crippen molar-refractivity contribution in [3.63, 3.8) is 0 Å². The molecule has 1 N–H and O–H groups in total. The highest BCUT2D eigenvalue weighted by Crippen LogP contribution is 2.28. The molecule has 0 radical (unpaired) electrons. The van der Waals surface area contributed by atoms with Crippen molar-refractivity contribution in [2.45, 2.75) is 39.8 Å². The van der Waals surface area contributed by atoms with Gasteiger partial charge in [0.1, 0.15) is 12.6 Å². The lowest BCUT2D eigenvalue weighted by Crippen LogP contribution is -2.53. The molecule has 0 aliphatic heterocycles. The summed E-state index contributed by atoms with van der Waals surface area (Å²) >= 11 is 12.9. The number of anilines is 1. The second kappa shape index (κ2) is 13.3. The first-order valence-corrected chi connectivity index (χ1v) is 15.1. The quantitative estimate of drug-likeness (QED) is 0.335. The zero-order chi connectivity index (χ0) is 28.7. The molecule has 0 saturated heterocycles. The van der Waals surface area contributed by atoms with E-state index in [0.717, 1.165) is 27.3 Å². The Labute approximate surface area is 240 Å². The van der Waals surface area contributed by atoms with Crippen LogP contribution in [0.2, 0.25) is 10.0 Å². The van der Waals surface area contributed by atoms with Gasteiger partial charge in [-0.05, 0) is 61.7 Å². The van der Waals surface area contributed by atoms with Gasteiger partial charge < -0.3 is 10.2 Å². The van der Waals surface area contributed by atoms with Crippen molar-refractivity contribution in [3.05, 3.63) is 99.0 Å². The van der Waals surface area contributed by atoms with Gasteiger partial charge in [0.2, 0.25) is 21.8 Å². The van der Waals surface area contributed by atoms with Crippen LogP contribution in [0.5, 0.6) is 0 Å². The Balaban J connectivity index is 2.10. The Morgan fingerprint density at radius 3 is 2.05 bits per heavy atom. The van der Waals surface area contributed by atoms with Gasteiger partial charge in [-0.2, -0.15) is 0 Å². The van der Waals surface area contributed by atoms with Crippen LogP contribution in [0.15, 0.2) is 66.7 Å². The van der Waals surface area contributed by atoms with Gasteiger partial charge in [0, 0.05) is 35.1 Å². The summed E-state index contributed by atoms with van der Waals surface area (Å²) in [5, 5.41) is 3.49. The van der Waals surface area contributed by atoms with Crippen molar-refractivity contribution in [1.29, 1.82) is 0 Å². The molecule has 0 aliphatic carbocycles. The van der Waals surface area contributed by atoms with Crippen LogP contribution < -0.4 is 9.62 Å². The van der Waals surface area contributed by atoms with Crippen molar-refractivity contribution in [3.8, 4) is 0 Å². The summed E-state index contributed by atoms with van der Waals surface area (Å²) in [5.41, 5.74) is 3.39. The van der Waals surface area contributed by atoms with Crippen LogP contribution in [0.25, 0.3) is 0 Å². The summed E-state index contributed by atoms with van der Waals surface area (Å²) < 4.78 is 26.9. The van der Waals surface area contributed by atoms with E-state index in [1.54, 1.807) is 37.3 Å². The third-order valence-electron chi connectivity index (χ3n) is 6.19. The molecule has 2 amide bonds. The van der Waals surface area contributed by atoms with Crippen LogP contribution in [0.4, 0.5) is 5.69 Å². The number of halogens is 2. The number of hydrogen-bond donors (Lipinski definition) is 1. The summed E-state index contributed by atoms with van der Waals surface area (Å²) in [7, 11) is -3.85. The largest absolute Gasteiger partial charge is 0.355 e. The normalized spacial score (nSPS) is 12.1. The molecule has 0 spiro atoms. The monoisotopic (exact) mass is 589 g/mol. The average Bonchev–Trinajstić information content (AvgIpc) is 2.85. The van der Waals surface area contributed by atoms with E-state index >= 15 is 0 Å². The molecule has 10 heteroatoms. The highest BCUT2D eigenvalue weighted by Gasteiger charge is 2.33. The fraction of sp³-hybridized carbons (Fsp3) is 0.310. The predicted octanol–water partition coefficient (Wildman–Crippen LogP) is 5.15. The fourth-order valence-electron chi connectivity index (χ4n) is 4.41. The number of carbonyl (C=O) groups is 2. The van der Waals surface area contributed by atoms with E-state index in [9.17, 15) is 18.0 Å². The number of aryl methyl sites for hydroxylation is 2. The van der Waals surface area contributed by atoms with Gasteiger partial charge in [0.05, 0.1) is 11.9 Å². The Morgan fingerprint density at radius 1 is 0.923 bits per heavy atom. The maximum absolute atomic E-state index is 14.1. The summed E-state index contributed by atoms with van der Waals surface area (Å²) in [6, 6.07) is 18.7. The Hall–Kier alpha value is -3.07. The highest BCUT2D eigenvalue weighted by molar-refractivity contribution is 7.92. The number of carbonyl (C=O) groups excluding carboxylic acids is 2. The van der Waals surface area contributed by atoms with E-state index in [1.807, 2.05) is 50.2 Å². The lowest BCUT2D eigenvalue weighted by molar-refractivity contribution is -0.140. The average molecular weight is 591 g/mol. The maximum atomic E-state index is 14.1. The molecular weight excluding hydrogens is 557 g/mol. The van der Waals surface area contributed by atoms with Crippen LogP contribution in [0, 0.1) is 13.8 Å². The first-order valence-electron chi connectivity index (χ1n) is 12.5. The molecule has 0 aromatic heterocycles. The van der Waals surface area contributed by atoms with Crippen LogP contribution in [0.3, 0.4) is 0 Å². The zero-order valence-corrected chi connectivity index (χ0v) is 24.8. The van der Waals surface area contributed by atoms with Crippen molar-refractivity contribution < 1.29 is 18.0 Å². The van der Waals surface area contributed by atoms with Crippen LogP contribution in [0.1, 0.15) is 29.2 Å². The number of sulfonamides is 1. The van der Waals surface area contributed by atoms with E-state index in [-0.39, 0.29) is 18.9 Å². The highest BCUT2D eigenvalue weighted by atomic mass is 35.5. The third kappa shape index (κ3) is 8.21. The van der Waals surface area contributed by atoms with Crippen molar-refractivity contribution >= 4 is 50.7 Å². The molecule has 0 unspecified atom stereocenters. The molecule has 3 aromatic rings. The van der Waals surface area contributed by atoms with E-state index in [2.05, 4.69) is 5.32 Å². The summed E-state index contributed by atoms with van der Waals surface area (Å²) in [5.74, 6) is -0.932. The fourth-order valence-corrected chi connectivity index (χ4v) is 5.76. The van der Waals surface area contributed by atoms with Gasteiger partial charge in [0.25, 0.3) is 0 Å². The second-order valence-electron chi connectivity index (χ2n) is 9.44. The zero-order valence-electron chi connectivity index (χ0n) is 22.4. The van der Waals surface area contributed by atoms with E-state index < -0.39 is 28.5 Å². The van der Waals surface area contributed by atoms with E-state index in [0.29, 0.717) is 27.8 Å². The van der Waals surface area contributed by atoms with Crippen molar-refractivity contribution in [2.75, 3.05) is 23.7 Å². The molecule has 1 atom stereocenters. The number of rotatable bonds is 11. The smallest absolute Gasteiger partial charge is 0.244 e. The number of benzene rings is 3. The Bertz CT molecular complexity index is 1390. The topological polar surface area (TPSA) is 86.8 Å². The van der Waals surface area contributed by atoms with Gasteiger partial charge in [-0.1, -0.05) is 65.7 Å². The predicted molar refractivity (Wildman–Crippen MR) is 158 cm³/mol. The standard InChI is InChI=1S/C29H33Cl2N3O4S/c1-5-32-29(36)27(17-22-10-7-6-8-11-22)33(18-24-25(30)12-9-13-26(24)31)28(35)19-34(39(4,37)38)23-15-20(2)14-21(3)16-23/h6-16,27H,5,17-19H2,1-4H3,(H,32,36)/t27-/m1/s1. The molecule has 0 fully saturated rings. The molecule has 0 bridgehead atoms. The van der Waals surface area contributed by atoms with Crippen LogP contribution in [-0.2, 0) is 32.6 Å². The number of nitrogens with one attached hydrogen (secondary N) is 1. The van der Waals surface area contributed by atoms with E-state index in [1.165, 1.54) is 4.90 Å². The van der Waals surface area contributed by atoms with Gasteiger partial charge in [-0.15, -0.1) is 0 Å². The number of likely N-dealkylation sites (N-methyl/N-ethyl adjacent to an activating group) is 1. The SMILES string of the molecule is CCNC(=O)[C@@H](Cc1ccccc1)N(Cc1c(Cl)cccc1Cl)C(=O)CN(c1cc(C)cc(C)c1)S(C)(=O)=O. The Kier molecular flexibility index (Phi) is 10.4. The molecule has 39 heavy (non-hydrogen) atoms. The number of hydrogen-bond acceptors (Lipinski definition) is 4. The molecule has 0 aliphatic rings. The van der Waals surface area contributed by atoms with Gasteiger partial charge in [0.15, 0.2) is 0 Å². The number of nitrogens with zero attached hydrogens (tertiary/aromatic N) is 2. The molecular formula is C29H33Cl2N3O4S. The van der Waals surface area contributed by atoms with Gasteiger partial charge >= 0.3 is 0 Å². The lowest BCUT2D eigenvalue weighted by atomic mass is 10.0. The van der Waals surface area contributed by atoms with Gasteiger partial charge in [-0.25, -0.2) is 8.42 Å². The Morgan fingerprint density at radius 2 is 1.51 bits per heavy atom. The van der Waals surface area contributed by atoms with Crippen LogP contribution >= 0.6 is 23.2 Å². The minimum Gasteiger partial charge on any atom is -0.355 e. The van der Waals surface area contributed by atoms with Crippen LogP contribution in [-0.4, -0.2) is 50.5 Å². The maximum Gasteiger partial charge on any atom is 0.244 e. The van der Waals surface area contributed by atoms with Crippen molar-refractivity contribution in [1.82, 2.24) is 10.2 Å². The first-order chi connectivity index (χ1) is 18.4. The molecule has 7 nitrogen and oxygen atoms in total. The van der Waals surface area contributed by atoms with E-state index in [4.69, 9.17) is 23.2 Å². The molecule has 3 rings (SSSR count). The molecule has 0 saturated carbocycles. The molecule has 208 valence electrons. The first kappa shape index (κ1) is 30.5. The minimum absolute atomic E-state index is 0.0869. The lowest BCUT2D eigenvalue weighted by Gasteiger charge is -2.34. The summed E-state index contributed by atoms with van der Waals surface area (Å²) in [4.78, 5) is 28.8.